The Morgan fingerprint density at radius 2 is 1.88 bits per heavy atom. The van der Waals surface area contributed by atoms with Crippen LogP contribution in [0.25, 0.3) is 11.0 Å². The van der Waals surface area contributed by atoms with Crippen molar-refractivity contribution in [2.45, 2.75) is 26.1 Å². The quantitative estimate of drug-likeness (QED) is 0.556. The van der Waals surface area contributed by atoms with Gasteiger partial charge in [-0.05, 0) is 26.0 Å². The molecule has 1 aliphatic heterocycles. The van der Waals surface area contributed by atoms with E-state index in [-0.39, 0.29) is 5.56 Å². The lowest BCUT2D eigenvalue weighted by molar-refractivity contribution is -0.140. The predicted molar refractivity (Wildman–Crippen MR) is 115 cm³/mol. The Hall–Kier alpha value is -3.21. The van der Waals surface area contributed by atoms with Crippen LogP contribution in [0.5, 0.6) is 5.88 Å². The Balaban J connectivity index is 1.76. The molecule has 11 heteroatoms. The first-order valence-electron chi connectivity index (χ1n) is 10.4. The van der Waals surface area contributed by atoms with Crippen LogP contribution in [0, 0.1) is 12.7 Å². The van der Waals surface area contributed by atoms with Crippen LogP contribution in [0.2, 0.25) is 0 Å². The standard InChI is InChI=1S/C22H23F4N5O2/c1-12(14-5-4-6-16(18(14)23)22(24,25)26)27-19-15-11-17(31-7-9-33-10-8-31)21(32-3)30-20(15)29-13(2)28-19/h4-6,11-12H,7-10H2,1-3H3,(H,27,28,29,30)/t12-/m1/s1. The summed E-state index contributed by atoms with van der Waals surface area (Å²) in [7, 11) is 1.52. The number of pyridine rings is 1. The molecule has 0 spiro atoms. The fourth-order valence-corrected chi connectivity index (χ4v) is 3.81. The zero-order valence-corrected chi connectivity index (χ0v) is 18.3. The van der Waals surface area contributed by atoms with E-state index in [1.165, 1.54) is 19.2 Å². The molecule has 1 aromatic carbocycles. The average Bonchev–Trinajstić information content (AvgIpc) is 2.78. The Bertz CT molecular complexity index is 1170. The van der Waals surface area contributed by atoms with Crippen molar-refractivity contribution in [3.05, 3.63) is 47.0 Å². The molecule has 3 heterocycles. The molecule has 3 aromatic rings. The normalized spacial score (nSPS) is 15.5. The lowest BCUT2D eigenvalue weighted by Crippen LogP contribution is -2.36. The van der Waals surface area contributed by atoms with Crippen molar-refractivity contribution in [1.82, 2.24) is 15.0 Å². The van der Waals surface area contributed by atoms with E-state index < -0.39 is 23.6 Å². The highest BCUT2D eigenvalue weighted by molar-refractivity contribution is 5.90. The number of hydrogen-bond acceptors (Lipinski definition) is 7. The number of nitrogens with zero attached hydrogens (tertiary/aromatic N) is 4. The summed E-state index contributed by atoms with van der Waals surface area (Å²) in [6.45, 7) is 5.65. The first kappa shape index (κ1) is 23.0. The van der Waals surface area contributed by atoms with Gasteiger partial charge in [-0.15, -0.1) is 0 Å². The van der Waals surface area contributed by atoms with Gasteiger partial charge in [0.2, 0.25) is 5.88 Å². The molecule has 1 saturated heterocycles. The molecule has 33 heavy (non-hydrogen) atoms. The monoisotopic (exact) mass is 465 g/mol. The van der Waals surface area contributed by atoms with E-state index >= 15 is 0 Å². The van der Waals surface area contributed by atoms with Gasteiger partial charge in [-0.3, -0.25) is 0 Å². The van der Waals surface area contributed by atoms with Crippen molar-refractivity contribution in [2.75, 3.05) is 43.6 Å². The molecule has 0 amide bonds. The third-order valence-corrected chi connectivity index (χ3v) is 5.44. The highest BCUT2D eigenvalue weighted by Crippen LogP contribution is 2.36. The molecular formula is C22H23F4N5O2. The molecule has 1 fully saturated rings. The molecule has 0 radical (unpaired) electrons. The van der Waals surface area contributed by atoms with Crippen molar-refractivity contribution in [1.29, 1.82) is 0 Å². The van der Waals surface area contributed by atoms with Crippen LogP contribution >= 0.6 is 0 Å². The zero-order valence-electron chi connectivity index (χ0n) is 18.3. The van der Waals surface area contributed by atoms with Crippen molar-refractivity contribution in [2.24, 2.45) is 0 Å². The Labute approximate surface area is 187 Å². The maximum atomic E-state index is 14.7. The third-order valence-electron chi connectivity index (χ3n) is 5.44. The second-order valence-corrected chi connectivity index (χ2v) is 7.68. The summed E-state index contributed by atoms with van der Waals surface area (Å²) in [5, 5.41) is 3.59. The van der Waals surface area contributed by atoms with Crippen molar-refractivity contribution < 1.29 is 27.0 Å². The van der Waals surface area contributed by atoms with E-state index in [4.69, 9.17) is 9.47 Å². The summed E-state index contributed by atoms with van der Waals surface area (Å²) < 4.78 is 65.0. The molecule has 0 unspecified atom stereocenters. The number of fused-ring (bicyclic) bond motifs is 1. The van der Waals surface area contributed by atoms with Gasteiger partial charge in [0.15, 0.2) is 5.65 Å². The summed E-state index contributed by atoms with van der Waals surface area (Å²) >= 11 is 0. The van der Waals surface area contributed by atoms with E-state index in [9.17, 15) is 17.6 Å². The van der Waals surface area contributed by atoms with Crippen molar-refractivity contribution in [3.8, 4) is 5.88 Å². The van der Waals surface area contributed by atoms with Gasteiger partial charge < -0.3 is 19.7 Å². The second-order valence-electron chi connectivity index (χ2n) is 7.68. The zero-order chi connectivity index (χ0) is 23.8. The van der Waals surface area contributed by atoms with Gasteiger partial charge in [0.25, 0.3) is 0 Å². The molecule has 1 atom stereocenters. The number of aryl methyl sites for hydroxylation is 1. The minimum atomic E-state index is -4.79. The predicted octanol–water partition coefficient (Wildman–Crippen LogP) is 4.51. The maximum absolute atomic E-state index is 14.7. The number of rotatable bonds is 5. The number of hydrogen-bond donors (Lipinski definition) is 1. The molecule has 1 aliphatic rings. The van der Waals surface area contributed by atoms with Crippen molar-refractivity contribution in [3.63, 3.8) is 0 Å². The minimum Gasteiger partial charge on any atom is -0.479 e. The average molecular weight is 465 g/mol. The van der Waals surface area contributed by atoms with Gasteiger partial charge in [-0.1, -0.05) is 12.1 Å². The van der Waals surface area contributed by atoms with Crippen LogP contribution in [0.1, 0.15) is 29.9 Å². The summed E-state index contributed by atoms with van der Waals surface area (Å²) in [6.07, 6.45) is -4.79. The molecule has 176 valence electrons. The van der Waals surface area contributed by atoms with E-state index in [1.807, 2.05) is 6.07 Å². The van der Waals surface area contributed by atoms with Crippen LogP contribution in [0.15, 0.2) is 24.3 Å². The van der Waals surface area contributed by atoms with E-state index in [1.54, 1.807) is 13.8 Å². The first-order chi connectivity index (χ1) is 15.7. The Kier molecular flexibility index (Phi) is 6.24. The summed E-state index contributed by atoms with van der Waals surface area (Å²) in [5.74, 6) is -0.179. The number of methoxy groups -OCH3 is 1. The molecule has 0 aliphatic carbocycles. The highest BCUT2D eigenvalue weighted by atomic mass is 19.4. The molecule has 4 rings (SSSR count). The number of halogens is 4. The Morgan fingerprint density at radius 3 is 2.55 bits per heavy atom. The lowest BCUT2D eigenvalue weighted by Gasteiger charge is -2.29. The second kappa shape index (κ2) is 8.97. The molecule has 7 nitrogen and oxygen atoms in total. The summed E-state index contributed by atoms with van der Waals surface area (Å²) in [6, 6.07) is 4.24. The molecule has 2 aromatic heterocycles. The fraction of sp³-hybridized carbons (Fsp3) is 0.409. The van der Waals surface area contributed by atoms with Crippen LogP contribution in [0.3, 0.4) is 0 Å². The van der Waals surface area contributed by atoms with Crippen LogP contribution < -0.4 is 15.0 Å². The number of aromatic nitrogens is 3. The van der Waals surface area contributed by atoms with Crippen LogP contribution in [-0.4, -0.2) is 48.4 Å². The van der Waals surface area contributed by atoms with Gasteiger partial charge in [-0.2, -0.15) is 18.2 Å². The van der Waals surface area contributed by atoms with E-state index in [2.05, 4.69) is 25.2 Å². The largest absolute Gasteiger partial charge is 0.479 e. The number of morpholine rings is 1. The number of ether oxygens (including phenoxy) is 2. The third kappa shape index (κ3) is 4.63. The molecular weight excluding hydrogens is 442 g/mol. The highest BCUT2D eigenvalue weighted by Gasteiger charge is 2.35. The number of anilines is 2. The fourth-order valence-electron chi connectivity index (χ4n) is 3.81. The molecule has 0 bridgehead atoms. The maximum Gasteiger partial charge on any atom is 0.419 e. The van der Waals surface area contributed by atoms with E-state index in [0.717, 1.165) is 11.8 Å². The minimum absolute atomic E-state index is 0.121. The lowest BCUT2D eigenvalue weighted by atomic mass is 10.0. The van der Waals surface area contributed by atoms with Gasteiger partial charge >= 0.3 is 6.18 Å². The SMILES string of the molecule is COc1nc2nc(C)nc(N[C@H](C)c3cccc(C(F)(F)F)c3F)c2cc1N1CCOCC1. The van der Waals surface area contributed by atoms with Crippen LogP contribution in [0.4, 0.5) is 29.1 Å². The van der Waals surface area contributed by atoms with Gasteiger partial charge in [0.1, 0.15) is 23.1 Å². The van der Waals surface area contributed by atoms with Crippen molar-refractivity contribution >= 4 is 22.5 Å². The number of benzene rings is 1. The summed E-state index contributed by atoms with van der Waals surface area (Å²) in [4.78, 5) is 15.4. The summed E-state index contributed by atoms with van der Waals surface area (Å²) in [5.41, 5.74) is -0.347. The van der Waals surface area contributed by atoms with Crippen LogP contribution in [-0.2, 0) is 10.9 Å². The topological polar surface area (TPSA) is 72.4 Å². The number of nitrogens with one attached hydrogen (secondary N) is 1. The first-order valence-corrected chi connectivity index (χ1v) is 10.4. The van der Waals surface area contributed by atoms with Gasteiger partial charge in [0, 0.05) is 18.7 Å². The number of alkyl halides is 3. The van der Waals surface area contributed by atoms with E-state index in [0.29, 0.717) is 54.9 Å². The Morgan fingerprint density at radius 1 is 1.15 bits per heavy atom. The smallest absolute Gasteiger partial charge is 0.419 e. The van der Waals surface area contributed by atoms with Gasteiger partial charge in [-0.25, -0.2) is 14.4 Å². The van der Waals surface area contributed by atoms with Gasteiger partial charge in [0.05, 0.1) is 37.3 Å². The molecule has 0 saturated carbocycles. The molecule has 1 N–H and O–H groups in total.